The molecule has 22 heavy (non-hydrogen) atoms. The summed E-state index contributed by atoms with van der Waals surface area (Å²) in [6.45, 7) is 9.63. The fraction of sp³-hybridized carbons (Fsp3) is 0.684. The third kappa shape index (κ3) is 5.57. The molecule has 0 saturated heterocycles. The zero-order valence-corrected chi connectivity index (χ0v) is 15.5. The van der Waals surface area contributed by atoms with Gasteiger partial charge in [-0.15, -0.1) is 0 Å². The van der Waals surface area contributed by atoms with Crippen molar-refractivity contribution in [3.05, 3.63) is 33.8 Å². The van der Waals surface area contributed by atoms with E-state index >= 15 is 0 Å². The molecule has 0 amide bonds. The van der Waals surface area contributed by atoms with Crippen LogP contribution in [0.2, 0.25) is 5.02 Å². The zero-order valence-electron chi connectivity index (χ0n) is 14.7. The maximum Gasteiger partial charge on any atom is 0.0704 e. The van der Waals surface area contributed by atoms with Gasteiger partial charge >= 0.3 is 0 Å². The van der Waals surface area contributed by atoms with Crippen LogP contribution in [0.15, 0.2) is 12.1 Å². The lowest BCUT2D eigenvalue weighted by molar-refractivity contribution is -0.00280. The summed E-state index contributed by atoms with van der Waals surface area (Å²) in [6, 6.07) is 4.46. The molecule has 0 heterocycles. The van der Waals surface area contributed by atoms with E-state index in [2.05, 4.69) is 26.0 Å². The van der Waals surface area contributed by atoms with Crippen LogP contribution in [0, 0.1) is 13.8 Å². The maximum absolute atomic E-state index is 6.31. The molecule has 0 aliphatic heterocycles. The molecule has 0 radical (unpaired) electrons. The van der Waals surface area contributed by atoms with Crippen LogP contribution in [0.4, 0.5) is 0 Å². The fourth-order valence-corrected chi connectivity index (χ4v) is 3.21. The summed E-state index contributed by atoms with van der Waals surface area (Å²) in [5.41, 5.74) is 3.89. The second-order valence-corrected chi connectivity index (χ2v) is 6.19. The summed E-state index contributed by atoms with van der Waals surface area (Å²) < 4.78 is 10.8. The average molecular weight is 327 g/mol. The first-order chi connectivity index (χ1) is 10.6. The number of hydrogen-bond donors (Lipinski definition) is 0. The molecule has 0 N–H and O–H groups in total. The van der Waals surface area contributed by atoms with Gasteiger partial charge in [0, 0.05) is 12.1 Å². The van der Waals surface area contributed by atoms with Gasteiger partial charge in [-0.1, -0.05) is 31.5 Å². The van der Waals surface area contributed by atoms with Gasteiger partial charge in [-0.25, -0.2) is 0 Å². The highest BCUT2D eigenvalue weighted by Gasteiger charge is 2.23. The van der Waals surface area contributed by atoms with Gasteiger partial charge in [0.2, 0.25) is 0 Å². The molecule has 2 rings (SSSR count). The second kappa shape index (κ2) is 10.3. The zero-order chi connectivity index (χ0) is 16.5. The Morgan fingerprint density at radius 1 is 1.05 bits per heavy atom. The van der Waals surface area contributed by atoms with E-state index in [4.69, 9.17) is 21.1 Å². The van der Waals surface area contributed by atoms with E-state index in [0.717, 1.165) is 17.9 Å². The summed E-state index contributed by atoms with van der Waals surface area (Å²) in [7, 11) is 1.71. The summed E-state index contributed by atoms with van der Waals surface area (Å²) in [5, 5.41) is 0.901. The Bertz CT molecular complexity index is 414. The molecule has 126 valence electrons. The molecule has 2 nitrogen and oxygen atoms in total. The quantitative estimate of drug-likeness (QED) is 0.649. The molecule has 1 fully saturated rings. The Morgan fingerprint density at radius 3 is 2.23 bits per heavy atom. The van der Waals surface area contributed by atoms with Gasteiger partial charge in [0.05, 0.1) is 19.3 Å². The van der Waals surface area contributed by atoms with E-state index in [1.54, 1.807) is 7.11 Å². The first-order valence-corrected chi connectivity index (χ1v) is 8.86. The third-order valence-electron chi connectivity index (χ3n) is 4.41. The summed E-state index contributed by atoms with van der Waals surface area (Å²) in [5.74, 6) is 0.633. The first-order valence-electron chi connectivity index (χ1n) is 8.49. The molecule has 0 atom stereocenters. The number of methoxy groups -OCH3 is 1. The van der Waals surface area contributed by atoms with Crippen LogP contribution in [-0.2, 0) is 9.47 Å². The molecule has 1 aromatic rings. The highest BCUT2D eigenvalue weighted by Crippen LogP contribution is 2.36. The predicted octanol–water partition coefficient (Wildman–Crippen LogP) is 5.67. The Labute approximate surface area is 141 Å². The van der Waals surface area contributed by atoms with E-state index in [1.807, 2.05) is 13.8 Å². The lowest BCUT2D eigenvalue weighted by atomic mass is 9.82. The van der Waals surface area contributed by atoms with Crippen molar-refractivity contribution >= 4 is 11.6 Å². The van der Waals surface area contributed by atoms with Crippen LogP contribution in [0.1, 0.15) is 62.1 Å². The normalized spacial score (nSPS) is 21.2. The van der Waals surface area contributed by atoms with E-state index in [9.17, 15) is 0 Å². The van der Waals surface area contributed by atoms with Crippen LogP contribution in [0.5, 0.6) is 0 Å². The number of hydrogen-bond acceptors (Lipinski definition) is 2. The maximum atomic E-state index is 6.31. The van der Waals surface area contributed by atoms with Gasteiger partial charge in [-0.2, -0.15) is 0 Å². The molecule has 0 bridgehead atoms. The average Bonchev–Trinajstić information content (AvgIpc) is 2.55. The van der Waals surface area contributed by atoms with Crippen molar-refractivity contribution in [3.63, 3.8) is 0 Å². The van der Waals surface area contributed by atoms with Crippen LogP contribution in [0.3, 0.4) is 0 Å². The molecule has 1 aliphatic carbocycles. The van der Waals surface area contributed by atoms with Crippen molar-refractivity contribution in [1.82, 2.24) is 0 Å². The number of halogens is 1. The number of aryl methyl sites for hydroxylation is 1. The van der Waals surface area contributed by atoms with E-state index in [-0.39, 0.29) is 0 Å². The van der Waals surface area contributed by atoms with Crippen molar-refractivity contribution < 1.29 is 9.47 Å². The first kappa shape index (κ1) is 19.5. The molecule has 3 heteroatoms. The minimum Gasteiger partial charge on any atom is -0.382 e. The van der Waals surface area contributed by atoms with E-state index < -0.39 is 0 Å². The molecular weight excluding hydrogens is 296 g/mol. The number of rotatable bonds is 5. The van der Waals surface area contributed by atoms with Gasteiger partial charge in [-0.3, -0.25) is 0 Å². The number of ether oxygens (including phenoxy) is 2. The van der Waals surface area contributed by atoms with Gasteiger partial charge in [0.25, 0.3) is 0 Å². The lowest BCUT2D eigenvalue weighted by Crippen LogP contribution is -2.22. The highest BCUT2D eigenvalue weighted by atomic mass is 35.5. The summed E-state index contributed by atoms with van der Waals surface area (Å²) >= 11 is 6.31. The van der Waals surface area contributed by atoms with Crippen LogP contribution < -0.4 is 0 Å². The van der Waals surface area contributed by atoms with Crippen LogP contribution >= 0.6 is 11.6 Å². The van der Waals surface area contributed by atoms with Crippen LogP contribution in [-0.4, -0.2) is 26.4 Å². The van der Waals surface area contributed by atoms with E-state index in [0.29, 0.717) is 25.2 Å². The Morgan fingerprint density at radius 2 is 1.68 bits per heavy atom. The van der Waals surface area contributed by atoms with Gasteiger partial charge < -0.3 is 9.47 Å². The molecule has 1 saturated carbocycles. The number of benzene rings is 1. The van der Waals surface area contributed by atoms with Crippen molar-refractivity contribution in [1.29, 1.82) is 0 Å². The fourth-order valence-electron chi connectivity index (χ4n) is 2.94. The second-order valence-electron chi connectivity index (χ2n) is 5.78. The minimum atomic E-state index is 0.406. The molecule has 0 unspecified atom stereocenters. The van der Waals surface area contributed by atoms with Crippen molar-refractivity contribution in [2.24, 2.45) is 0 Å². The minimum absolute atomic E-state index is 0.406. The van der Waals surface area contributed by atoms with Gasteiger partial charge in [-0.05, 0) is 68.2 Å². The van der Waals surface area contributed by atoms with Crippen molar-refractivity contribution in [2.45, 2.75) is 65.4 Å². The predicted molar refractivity (Wildman–Crippen MR) is 95.1 cm³/mol. The van der Waals surface area contributed by atoms with Gasteiger partial charge in [0.1, 0.15) is 0 Å². The third-order valence-corrected chi connectivity index (χ3v) is 4.81. The van der Waals surface area contributed by atoms with Crippen LogP contribution in [0.25, 0.3) is 0 Å². The van der Waals surface area contributed by atoms with Crippen molar-refractivity contribution in [2.75, 3.05) is 20.3 Å². The summed E-state index contributed by atoms with van der Waals surface area (Å²) in [4.78, 5) is 0. The SMILES string of the molecule is CC.COCCOC1CCC(c2cc(C)c(C)c(Cl)c2)CC1. The smallest absolute Gasteiger partial charge is 0.0704 e. The lowest BCUT2D eigenvalue weighted by Gasteiger charge is -2.29. The molecule has 1 aliphatic rings. The summed E-state index contributed by atoms with van der Waals surface area (Å²) in [6.07, 6.45) is 5.06. The largest absolute Gasteiger partial charge is 0.382 e. The standard InChI is InChI=1S/C17H25ClO2.C2H6/c1-12-10-15(11-17(18)13(12)2)14-4-6-16(7-5-14)20-9-8-19-3;1-2/h10-11,14,16H,4-9H2,1-3H3;1-2H3. The topological polar surface area (TPSA) is 18.5 Å². The monoisotopic (exact) mass is 326 g/mol. The Kier molecular flexibility index (Phi) is 9.08. The Balaban J connectivity index is 0.00000116. The van der Waals surface area contributed by atoms with Crippen molar-refractivity contribution in [3.8, 4) is 0 Å². The van der Waals surface area contributed by atoms with Gasteiger partial charge in [0.15, 0.2) is 0 Å². The highest BCUT2D eigenvalue weighted by molar-refractivity contribution is 6.31. The Hall–Kier alpha value is -0.570. The molecule has 0 aromatic heterocycles. The molecule has 1 aromatic carbocycles. The molecular formula is C19H31ClO2. The molecule has 0 spiro atoms. The van der Waals surface area contributed by atoms with E-state index in [1.165, 1.54) is 29.5 Å².